The average Bonchev–Trinajstić information content (AvgIpc) is 3.21. The van der Waals surface area contributed by atoms with Gasteiger partial charge in [-0.05, 0) is 34.7 Å². The molecule has 0 fully saturated rings. The third-order valence-electron chi connectivity index (χ3n) is 3.89. The number of thiophene rings is 1. The number of benzene rings is 2. The number of halogens is 1. The first-order valence-corrected chi connectivity index (χ1v) is 9.65. The Morgan fingerprint density at radius 2 is 1.74 bits per heavy atom. The zero-order valence-electron chi connectivity index (χ0n) is 14.4. The van der Waals surface area contributed by atoms with Crippen molar-refractivity contribution in [3.05, 3.63) is 93.1 Å². The normalized spacial score (nSPS) is 11.6. The van der Waals surface area contributed by atoms with E-state index in [1.54, 1.807) is 35.6 Å². The molecule has 2 aromatic carbocycles. The third-order valence-corrected chi connectivity index (χ3v) is 5.08. The number of amides is 1. The van der Waals surface area contributed by atoms with Crippen molar-refractivity contribution in [1.29, 1.82) is 0 Å². The van der Waals surface area contributed by atoms with Crippen LogP contribution in [0.25, 0.3) is 0 Å². The topological polar surface area (TPSA) is 55.4 Å². The molecule has 6 heteroatoms. The van der Waals surface area contributed by atoms with E-state index in [9.17, 15) is 9.59 Å². The Labute approximate surface area is 166 Å². The van der Waals surface area contributed by atoms with E-state index in [4.69, 9.17) is 16.3 Å². The van der Waals surface area contributed by atoms with Crippen molar-refractivity contribution in [2.45, 2.75) is 12.5 Å². The third kappa shape index (κ3) is 5.67. The van der Waals surface area contributed by atoms with Gasteiger partial charge in [-0.25, -0.2) is 0 Å². The number of carbonyl (C=O) groups is 2. The van der Waals surface area contributed by atoms with E-state index in [-0.39, 0.29) is 25.0 Å². The highest BCUT2D eigenvalue weighted by Gasteiger charge is 2.18. The molecule has 3 rings (SSSR count). The summed E-state index contributed by atoms with van der Waals surface area (Å²) in [6.07, 6.45) is 0.0947. The Morgan fingerprint density at radius 1 is 1.00 bits per heavy atom. The van der Waals surface area contributed by atoms with Crippen molar-refractivity contribution in [3.8, 4) is 0 Å². The quantitative estimate of drug-likeness (QED) is 0.599. The molecule has 1 heterocycles. The fourth-order valence-electron chi connectivity index (χ4n) is 2.59. The summed E-state index contributed by atoms with van der Waals surface area (Å²) in [6, 6.07) is 20.3. The van der Waals surface area contributed by atoms with E-state index in [0.29, 0.717) is 5.02 Å². The summed E-state index contributed by atoms with van der Waals surface area (Å²) in [6.45, 7) is -0.318. The second kappa shape index (κ2) is 9.35. The van der Waals surface area contributed by atoms with Crippen molar-refractivity contribution in [2.75, 3.05) is 6.61 Å². The van der Waals surface area contributed by atoms with Crippen molar-refractivity contribution >= 4 is 34.8 Å². The Morgan fingerprint density at radius 3 is 2.41 bits per heavy atom. The molecule has 3 aromatic rings. The van der Waals surface area contributed by atoms with E-state index in [1.807, 2.05) is 47.8 Å². The summed E-state index contributed by atoms with van der Waals surface area (Å²) in [5, 5.41) is 5.50. The van der Waals surface area contributed by atoms with Crippen LogP contribution in [0.2, 0.25) is 5.02 Å². The lowest BCUT2D eigenvalue weighted by atomic mass is 10.1. The molecule has 1 aromatic heterocycles. The van der Waals surface area contributed by atoms with Crippen molar-refractivity contribution < 1.29 is 14.3 Å². The molecular weight excluding hydrogens is 382 g/mol. The lowest BCUT2D eigenvalue weighted by Gasteiger charge is -2.18. The van der Waals surface area contributed by atoms with Gasteiger partial charge in [0.25, 0.3) is 5.91 Å². The van der Waals surface area contributed by atoms with E-state index in [1.165, 1.54) is 0 Å². The van der Waals surface area contributed by atoms with Gasteiger partial charge in [-0.2, -0.15) is 0 Å². The molecule has 0 spiro atoms. The fraction of sp³-hybridized carbons (Fsp3) is 0.143. The van der Waals surface area contributed by atoms with Crippen LogP contribution in [0.15, 0.2) is 72.1 Å². The Kier molecular flexibility index (Phi) is 6.63. The van der Waals surface area contributed by atoms with Gasteiger partial charge < -0.3 is 10.1 Å². The molecule has 0 saturated heterocycles. The first-order chi connectivity index (χ1) is 13.1. The first-order valence-electron chi connectivity index (χ1n) is 8.39. The minimum absolute atomic E-state index is 0.0947. The zero-order chi connectivity index (χ0) is 19.1. The monoisotopic (exact) mass is 399 g/mol. The van der Waals surface area contributed by atoms with Gasteiger partial charge in [0.2, 0.25) is 0 Å². The minimum Gasteiger partial charge on any atom is -0.455 e. The molecule has 0 aliphatic carbocycles. The lowest BCUT2D eigenvalue weighted by molar-refractivity contribution is -0.148. The number of hydrogen-bond acceptors (Lipinski definition) is 4. The SMILES string of the molecule is O=C(COC(=O)Cc1ccc(Cl)cc1)N[C@H](c1ccccc1)c1cccs1. The zero-order valence-corrected chi connectivity index (χ0v) is 16.0. The molecule has 0 radical (unpaired) electrons. The number of nitrogens with one attached hydrogen (secondary N) is 1. The van der Waals surface area contributed by atoms with Crippen molar-refractivity contribution in [1.82, 2.24) is 5.32 Å². The van der Waals surface area contributed by atoms with E-state index >= 15 is 0 Å². The second-order valence-electron chi connectivity index (χ2n) is 5.89. The summed E-state index contributed by atoms with van der Waals surface area (Å²) in [5.41, 5.74) is 1.76. The van der Waals surface area contributed by atoms with E-state index in [0.717, 1.165) is 16.0 Å². The number of hydrogen-bond donors (Lipinski definition) is 1. The second-order valence-corrected chi connectivity index (χ2v) is 7.31. The molecule has 0 unspecified atom stereocenters. The van der Waals surface area contributed by atoms with Crippen LogP contribution in [-0.2, 0) is 20.7 Å². The maximum atomic E-state index is 12.3. The largest absolute Gasteiger partial charge is 0.455 e. The molecule has 0 aliphatic heterocycles. The maximum absolute atomic E-state index is 12.3. The molecule has 138 valence electrons. The highest BCUT2D eigenvalue weighted by molar-refractivity contribution is 7.10. The molecule has 1 N–H and O–H groups in total. The molecule has 4 nitrogen and oxygen atoms in total. The Bertz CT molecular complexity index is 880. The van der Waals surface area contributed by atoms with E-state index < -0.39 is 5.97 Å². The highest BCUT2D eigenvalue weighted by Crippen LogP contribution is 2.25. The summed E-state index contributed by atoms with van der Waals surface area (Å²) in [5.74, 6) is -0.804. The van der Waals surface area contributed by atoms with Gasteiger partial charge >= 0.3 is 5.97 Å². The molecule has 0 saturated carbocycles. The van der Waals surface area contributed by atoms with Crippen LogP contribution in [0.5, 0.6) is 0 Å². The predicted molar refractivity (Wildman–Crippen MR) is 107 cm³/mol. The Hall–Kier alpha value is -2.63. The lowest BCUT2D eigenvalue weighted by Crippen LogP contribution is -2.32. The average molecular weight is 400 g/mol. The van der Waals surface area contributed by atoms with Crippen LogP contribution in [-0.4, -0.2) is 18.5 Å². The molecule has 27 heavy (non-hydrogen) atoms. The number of rotatable bonds is 7. The predicted octanol–water partition coefficient (Wildman–Crippen LogP) is 4.39. The first kappa shape index (κ1) is 19.1. The van der Waals surface area contributed by atoms with Crippen LogP contribution in [0, 0.1) is 0 Å². The maximum Gasteiger partial charge on any atom is 0.310 e. The molecule has 0 aliphatic rings. The van der Waals surface area contributed by atoms with Crippen LogP contribution in [0.1, 0.15) is 22.0 Å². The van der Waals surface area contributed by atoms with Crippen LogP contribution in [0.3, 0.4) is 0 Å². The van der Waals surface area contributed by atoms with Gasteiger partial charge in [-0.1, -0.05) is 60.1 Å². The van der Waals surface area contributed by atoms with Gasteiger partial charge in [0, 0.05) is 9.90 Å². The summed E-state index contributed by atoms with van der Waals surface area (Å²) in [4.78, 5) is 25.3. The minimum atomic E-state index is -0.458. The number of esters is 1. The smallest absolute Gasteiger partial charge is 0.310 e. The van der Waals surface area contributed by atoms with Gasteiger partial charge in [-0.15, -0.1) is 11.3 Å². The molecule has 0 bridgehead atoms. The standard InChI is InChI=1S/C21H18ClNO3S/c22-17-10-8-15(9-11-17)13-20(25)26-14-19(24)23-21(18-7-4-12-27-18)16-5-2-1-3-6-16/h1-12,21H,13-14H2,(H,23,24)/t21-/m1/s1. The van der Waals surface area contributed by atoms with E-state index in [2.05, 4.69) is 5.32 Å². The van der Waals surface area contributed by atoms with Crippen LogP contribution >= 0.6 is 22.9 Å². The van der Waals surface area contributed by atoms with Crippen LogP contribution in [0.4, 0.5) is 0 Å². The van der Waals surface area contributed by atoms with Gasteiger partial charge in [-0.3, -0.25) is 9.59 Å². The summed E-state index contributed by atoms with van der Waals surface area (Å²) >= 11 is 7.39. The fourth-order valence-corrected chi connectivity index (χ4v) is 3.52. The number of carbonyl (C=O) groups excluding carboxylic acids is 2. The van der Waals surface area contributed by atoms with Gasteiger partial charge in [0.05, 0.1) is 12.5 Å². The molecule has 1 atom stereocenters. The van der Waals surface area contributed by atoms with Gasteiger partial charge in [0.15, 0.2) is 6.61 Å². The van der Waals surface area contributed by atoms with Gasteiger partial charge in [0.1, 0.15) is 0 Å². The van der Waals surface area contributed by atoms with Crippen molar-refractivity contribution in [2.24, 2.45) is 0 Å². The molecular formula is C21H18ClNO3S. The molecule has 1 amide bonds. The van der Waals surface area contributed by atoms with Crippen molar-refractivity contribution in [3.63, 3.8) is 0 Å². The summed E-state index contributed by atoms with van der Waals surface area (Å²) in [7, 11) is 0. The Balaban J connectivity index is 1.56. The highest BCUT2D eigenvalue weighted by atomic mass is 35.5. The summed E-state index contributed by atoms with van der Waals surface area (Å²) < 4.78 is 5.11. The number of ether oxygens (including phenoxy) is 1. The van der Waals surface area contributed by atoms with Crippen LogP contribution < -0.4 is 5.32 Å².